The fraction of sp³-hybridized carbons (Fsp3) is 0.444. The van der Waals surface area contributed by atoms with E-state index in [9.17, 15) is 10.1 Å². The Morgan fingerprint density at radius 3 is 2.93 bits per heavy atom. The number of hydrogen-bond donors (Lipinski definition) is 0. The second-order valence-electron chi connectivity index (χ2n) is 2.93. The van der Waals surface area contributed by atoms with E-state index < -0.39 is 4.92 Å². The zero-order chi connectivity index (χ0) is 10.6. The van der Waals surface area contributed by atoms with Crippen molar-refractivity contribution in [2.24, 2.45) is 0 Å². The standard InChI is InChI=1S/C9H12N2O3/c1-3-4-5-6-8-9(11(12)13)7(2)10-14-8/h5-6H,3-4H2,1-2H3/b6-5+. The molecule has 0 radical (unpaired) electrons. The van der Waals surface area contributed by atoms with Crippen LogP contribution in [0, 0.1) is 17.0 Å². The fourth-order valence-corrected chi connectivity index (χ4v) is 1.07. The first-order valence-electron chi connectivity index (χ1n) is 4.44. The Balaban J connectivity index is 2.92. The van der Waals surface area contributed by atoms with E-state index in [4.69, 9.17) is 4.52 Å². The van der Waals surface area contributed by atoms with Gasteiger partial charge in [-0.3, -0.25) is 10.1 Å². The number of unbranched alkanes of at least 4 members (excludes halogenated alkanes) is 1. The topological polar surface area (TPSA) is 69.2 Å². The maximum Gasteiger partial charge on any atom is 0.338 e. The maximum absolute atomic E-state index is 10.6. The zero-order valence-corrected chi connectivity index (χ0v) is 8.19. The molecule has 14 heavy (non-hydrogen) atoms. The third-order valence-electron chi connectivity index (χ3n) is 1.76. The normalized spacial score (nSPS) is 11.0. The molecule has 0 aliphatic carbocycles. The summed E-state index contributed by atoms with van der Waals surface area (Å²) >= 11 is 0. The lowest BCUT2D eigenvalue weighted by Crippen LogP contribution is -1.90. The first kappa shape index (κ1) is 10.4. The first-order chi connectivity index (χ1) is 6.66. The molecule has 5 heteroatoms. The molecule has 0 spiro atoms. The van der Waals surface area contributed by atoms with Crippen molar-refractivity contribution in [1.82, 2.24) is 5.16 Å². The minimum absolute atomic E-state index is 0.0441. The lowest BCUT2D eigenvalue weighted by molar-refractivity contribution is -0.386. The average Bonchev–Trinajstić information content (AvgIpc) is 2.47. The van der Waals surface area contributed by atoms with Gasteiger partial charge < -0.3 is 4.52 Å². The highest BCUT2D eigenvalue weighted by atomic mass is 16.6. The Morgan fingerprint density at radius 1 is 1.64 bits per heavy atom. The van der Waals surface area contributed by atoms with E-state index in [0.717, 1.165) is 12.8 Å². The number of rotatable bonds is 4. The molecule has 0 saturated heterocycles. The highest BCUT2D eigenvalue weighted by Crippen LogP contribution is 2.23. The van der Waals surface area contributed by atoms with Crippen molar-refractivity contribution < 1.29 is 9.45 Å². The third-order valence-corrected chi connectivity index (χ3v) is 1.76. The van der Waals surface area contributed by atoms with Crippen molar-refractivity contribution in [3.63, 3.8) is 0 Å². The van der Waals surface area contributed by atoms with E-state index in [-0.39, 0.29) is 11.4 Å². The van der Waals surface area contributed by atoms with Crippen LogP contribution >= 0.6 is 0 Å². The van der Waals surface area contributed by atoms with Crippen molar-refractivity contribution in [3.8, 4) is 0 Å². The minimum Gasteiger partial charge on any atom is -0.349 e. The molecule has 5 nitrogen and oxygen atoms in total. The zero-order valence-electron chi connectivity index (χ0n) is 8.19. The summed E-state index contributed by atoms with van der Waals surface area (Å²) < 4.78 is 4.82. The highest BCUT2D eigenvalue weighted by molar-refractivity contribution is 5.56. The number of aromatic nitrogens is 1. The van der Waals surface area contributed by atoms with Crippen molar-refractivity contribution in [3.05, 3.63) is 27.6 Å². The first-order valence-corrected chi connectivity index (χ1v) is 4.44. The number of nitrogens with zero attached hydrogens (tertiary/aromatic N) is 2. The average molecular weight is 196 g/mol. The summed E-state index contributed by atoms with van der Waals surface area (Å²) in [5.41, 5.74) is 0.267. The number of hydrogen-bond acceptors (Lipinski definition) is 4. The molecule has 0 atom stereocenters. The fourth-order valence-electron chi connectivity index (χ4n) is 1.07. The van der Waals surface area contributed by atoms with Gasteiger partial charge in [0.15, 0.2) is 5.69 Å². The van der Waals surface area contributed by atoms with Crippen LogP contribution in [0.1, 0.15) is 31.2 Å². The van der Waals surface area contributed by atoms with Gasteiger partial charge in [0, 0.05) is 0 Å². The van der Waals surface area contributed by atoms with Crippen LogP contribution < -0.4 is 0 Å². The molecule has 1 aromatic rings. The Bertz CT molecular complexity index is 355. The minimum atomic E-state index is -0.475. The van der Waals surface area contributed by atoms with Crippen LogP contribution in [0.15, 0.2) is 10.6 Å². The molecule has 0 fully saturated rings. The van der Waals surface area contributed by atoms with E-state index in [0.29, 0.717) is 5.69 Å². The Labute approximate surface area is 81.5 Å². The summed E-state index contributed by atoms with van der Waals surface area (Å²) in [6.07, 6.45) is 5.31. The van der Waals surface area contributed by atoms with Crippen molar-refractivity contribution >= 4 is 11.8 Å². The Kier molecular flexibility index (Phi) is 3.39. The molecule has 0 aromatic carbocycles. The van der Waals surface area contributed by atoms with Gasteiger partial charge in [-0.25, -0.2) is 0 Å². The van der Waals surface area contributed by atoms with Gasteiger partial charge in [-0.05, 0) is 19.4 Å². The van der Waals surface area contributed by atoms with E-state index >= 15 is 0 Å². The second-order valence-corrected chi connectivity index (χ2v) is 2.93. The molecule has 1 aromatic heterocycles. The Morgan fingerprint density at radius 2 is 2.36 bits per heavy atom. The molecular weight excluding hydrogens is 184 g/mol. The van der Waals surface area contributed by atoms with Crippen LogP contribution in [0.25, 0.3) is 6.08 Å². The van der Waals surface area contributed by atoms with Gasteiger partial charge in [0.2, 0.25) is 5.76 Å². The van der Waals surface area contributed by atoms with Crippen molar-refractivity contribution in [2.45, 2.75) is 26.7 Å². The van der Waals surface area contributed by atoms with Gasteiger partial charge in [0.1, 0.15) is 0 Å². The molecular formula is C9H12N2O3. The molecule has 0 aliphatic rings. The lowest BCUT2D eigenvalue weighted by atomic mass is 10.2. The molecule has 0 N–H and O–H groups in total. The summed E-state index contributed by atoms with van der Waals surface area (Å²) in [5, 5.41) is 14.2. The van der Waals surface area contributed by atoms with Gasteiger partial charge in [0.05, 0.1) is 4.92 Å². The summed E-state index contributed by atoms with van der Waals surface area (Å²) in [6, 6.07) is 0. The SMILES string of the molecule is CCC/C=C/c1onc(C)c1[N+](=O)[O-]. The highest BCUT2D eigenvalue weighted by Gasteiger charge is 2.21. The van der Waals surface area contributed by atoms with Crippen LogP contribution in [-0.4, -0.2) is 10.1 Å². The molecule has 0 unspecified atom stereocenters. The molecule has 1 rings (SSSR count). The smallest absolute Gasteiger partial charge is 0.338 e. The monoisotopic (exact) mass is 196 g/mol. The van der Waals surface area contributed by atoms with Gasteiger partial charge in [-0.2, -0.15) is 0 Å². The summed E-state index contributed by atoms with van der Waals surface area (Å²) in [4.78, 5) is 10.1. The maximum atomic E-state index is 10.6. The second kappa shape index (κ2) is 4.55. The number of allylic oxidation sites excluding steroid dienone is 1. The van der Waals surface area contributed by atoms with Crippen LogP contribution in [-0.2, 0) is 0 Å². The molecule has 76 valence electrons. The van der Waals surface area contributed by atoms with Crippen LogP contribution in [0.5, 0.6) is 0 Å². The summed E-state index contributed by atoms with van der Waals surface area (Å²) in [5.74, 6) is 0.223. The quantitative estimate of drug-likeness (QED) is 0.548. The predicted molar refractivity (Wildman–Crippen MR) is 51.8 cm³/mol. The van der Waals surface area contributed by atoms with Crippen molar-refractivity contribution in [2.75, 3.05) is 0 Å². The van der Waals surface area contributed by atoms with Gasteiger partial charge in [0.25, 0.3) is 0 Å². The van der Waals surface area contributed by atoms with E-state index in [1.807, 2.05) is 13.0 Å². The van der Waals surface area contributed by atoms with Crippen LogP contribution in [0.4, 0.5) is 5.69 Å². The molecule has 0 saturated carbocycles. The van der Waals surface area contributed by atoms with Gasteiger partial charge in [-0.15, -0.1) is 0 Å². The van der Waals surface area contributed by atoms with Crippen LogP contribution in [0.2, 0.25) is 0 Å². The molecule has 0 amide bonds. The third kappa shape index (κ3) is 2.18. The van der Waals surface area contributed by atoms with Crippen molar-refractivity contribution in [1.29, 1.82) is 0 Å². The summed E-state index contributed by atoms with van der Waals surface area (Å²) in [7, 11) is 0. The molecule has 0 aliphatic heterocycles. The van der Waals surface area contributed by atoms with E-state index in [1.54, 1.807) is 13.0 Å². The molecule has 1 heterocycles. The van der Waals surface area contributed by atoms with E-state index in [1.165, 1.54) is 0 Å². The van der Waals surface area contributed by atoms with Gasteiger partial charge in [-0.1, -0.05) is 24.6 Å². The lowest BCUT2D eigenvalue weighted by Gasteiger charge is -1.87. The number of aryl methyl sites for hydroxylation is 1. The Hall–Kier alpha value is -1.65. The van der Waals surface area contributed by atoms with Gasteiger partial charge >= 0.3 is 5.69 Å². The molecule has 0 bridgehead atoms. The van der Waals surface area contributed by atoms with Crippen LogP contribution in [0.3, 0.4) is 0 Å². The predicted octanol–water partition coefficient (Wildman–Crippen LogP) is 2.70. The largest absolute Gasteiger partial charge is 0.349 e. The van der Waals surface area contributed by atoms with E-state index in [2.05, 4.69) is 5.16 Å². The number of nitro groups is 1. The summed E-state index contributed by atoms with van der Waals surface area (Å²) in [6.45, 7) is 3.59.